The summed E-state index contributed by atoms with van der Waals surface area (Å²) < 4.78 is 37.7. The van der Waals surface area contributed by atoms with Gasteiger partial charge in [0.05, 0.1) is 0 Å². The van der Waals surface area contributed by atoms with Gasteiger partial charge in [-0.15, -0.1) is 0 Å². The maximum Gasteiger partial charge on any atom is 0.303 e. The van der Waals surface area contributed by atoms with Crippen molar-refractivity contribution >= 4 is 10.1 Å². The Morgan fingerprint density at radius 1 is 1.09 bits per heavy atom. The van der Waals surface area contributed by atoms with E-state index in [1.165, 1.54) is 5.56 Å². The average Bonchev–Trinajstić information content (AvgIpc) is 2.47. The van der Waals surface area contributed by atoms with Crippen molar-refractivity contribution in [3.8, 4) is 5.75 Å². The van der Waals surface area contributed by atoms with E-state index in [0.29, 0.717) is 5.75 Å². The molecule has 0 aliphatic rings. The second-order valence-electron chi connectivity index (χ2n) is 5.57. The van der Waals surface area contributed by atoms with E-state index in [4.69, 9.17) is 4.74 Å². The summed E-state index contributed by atoms with van der Waals surface area (Å²) in [6, 6.07) is 5.78. The first kappa shape index (κ1) is 19.0. The van der Waals surface area contributed by atoms with Crippen LogP contribution in [0.15, 0.2) is 18.2 Å². The first-order valence-electron chi connectivity index (χ1n) is 8.17. The Kier molecular flexibility index (Phi) is 7.90. The van der Waals surface area contributed by atoms with Crippen LogP contribution in [0, 0.1) is 0 Å². The van der Waals surface area contributed by atoms with Gasteiger partial charge in [-0.1, -0.05) is 45.7 Å². The number of hydrogen-bond acceptors (Lipinski definition) is 3. The molecular formula is C17H28O4S. The van der Waals surface area contributed by atoms with Crippen LogP contribution in [0.25, 0.3) is 0 Å². The monoisotopic (exact) mass is 328 g/mol. The van der Waals surface area contributed by atoms with Crippen LogP contribution in [0.5, 0.6) is 5.75 Å². The van der Waals surface area contributed by atoms with Gasteiger partial charge in [-0.25, -0.2) is 0 Å². The van der Waals surface area contributed by atoms with E-state index >= 15 is 0 Å². The van der Waals surface area contributed by atoms with Gasteiger partial charge >= 0.3 is 10.1 Å². The summed E-state index contributed by atoms with van der Waals surface area (Å²) in [6.45, 7) is 5.96. The van der Waals surface area contributed by atoms with Crippen molar-refractivity contribution in [3.05, 3.63) is 29.3 Å². The van der Waals surface area contributed by atoms with Gasteiger partial charge in [0, 0.05) is 0 Å². The van der Waals surface area contributed by atoms with Gasteiger partial charge < -0.3 is 4.74 Å². The van der Waals surface area contributed by atoms with Crippen molar-refractivity contribution in [2.75, 3.05) is 0 Å². The van der Waals surface area contributed by atoms with E-state index in [2.05, 4.69) is 19.9 Å². The van der Waals surface area contributed by atoms with Crippen LogP contribution in [0.2, 0.25) is 0 Å². The molecule has 0 aliphatic heterocycles. The van der Waals surface area contributed by atoms with Crippen LogP contribution in [-0.4, -0.2) is 18.4 Å². The third-order valence-corrected chi connectivity index (χ3v) is 4.83. The fourth-order valence-corrected chi connectivity index (χ4v) is 3.10. The molecule has 22 heavy (non-hydrogen) atoms. The summed E-state index contributed by atoms with van der Waals surface area (Å²) >= 11 is 0. The molecule has 4 nitrogen and oxygen atoms in total. The normalized spacial score (nSPS) is 13.1. The Labute approximate surface area is 134 Å². The van der Waals surface area contributed by atoms with Crippen LogP contribution in [0.1, 0.15) is 64.0 Å². The minimum atomic E-state index is -4.20. The molecule has 0 aromatic heterocycles. The van der Waals surface area contributed by atoms with E-state index < -0.39 is 15.6 Å². The Balaban J connectivity index is 3.10. The molecule has 1 unspecified atom stereocenters. The number of hydrogen-bond donors (Lipinski definition) is 1. The summed E-state index contributed by atoms with van der Waals surface area (Å²) in [5.41, 5.74) is 1.10. The number of unbranched alkanes of at least 4 members (excludes halogenated alkanes) is 2. The zero-order valence-electron chi connectivity index (χ0n) is 13.8. The van der Waals surface area contributed by atoms with Gasteiger partial charge in [0.25, 0.3) is 0 Å². The van der Waals surface area contributed by atoms with Crippen molar-refractivity contribution in [3.63, 3.8) is 0 Å². The summed E-state index contributed by atoms with van der Waals surface area (Å²) in [5.74, 6) is 0.589. The molecule has 5 heteroatoms. The van der Waals surface area contributed by atoms with E-state index in [9.17, 15) is 13.0 Å². The first-order valence-corrected chi connectivity index (χ1v) is 9.68. The molecule has 0 radical (unpaired) electrons. The maximum atomic E-state index is 11.4. The van der Waals surface area contributed by atoms with Crippen molar-refractivity contribution in [2.24, 2.45) is 0 Å². The molecule has 0 spiro atoms. The van der Waals surface area contributed by atoms with Gasteiger partial charge in [0.15, 0.2) is 0 Å². The molecule has 1 aromatic carbocycles. The molecule has 1 atom stereocenters. The summed E-state index contributed by atoms with van der Waals surface area (Å²) in [4.78, 5) is 0. The molecule has 126 valence electrons. The Morgan fingerprint density at radius 2 is 1.73 bits per heavy atom. The minimum Gasteiger partial charge on any atom is -0.472 e. The predicted molar refractivity (Wildman–Crippen MR) is 89.9 cm³/mol. The molecule has 0 fully saturated rings. The van der Waals surface area contributed by atoms with Crippen molar-refractivity contribution in [2.45, 2.75) is 71.2 Å². The fraction of sp³-hybridized carbons (Fsp3) is 0.647. The van der Waals surface area contributed by atoms with Crippen molar-refractivity contribution < 1.29 is 17.7 Å². The topological polar surface area (TPSA) is 63.6 Å². The molecule has 0 saturated carbocycles. The first-order chi connectivity index (χ1) is 10.4. The van der Waals surface area contributed by atoms with Gasteiger partial charge in [-0.2, -0.15) is 8.42 Å². The van der Waals surface area contributed by atoms with Crippen LogP contribution in [-0.2, 0) is 23.0 Å². The molecule has 0 heterocycles. The van der Waals surface area contributed by atoms with Gasteiger partial charge in [0.2, 0.25) is 5.44 Å². The molecule has 0 bridgehead atoms. The lowest BCUT2D eigenvalue weighted by Crippen LogP contribution is -2.26. The average molecular weight is 328 g/mol. The highest BCUT2D eigenvalue weighted by molar-refractivity contribution is 7.86. The zero-order chi connectivity index (χ0) is 16.6. The zero-order valence-corrected chi connectivity index (χ0v) is 14.7. The number of rotatable bonds is 10. The third-order valence-electron chi connectivity index (χ3n) is 3.73. The molecule has 0 saturated heterocycles. The van der Waals surface area contributed by atoms with E-state index in [-0.39, 0.29) is 6.42 Å². The van der Waals surface area contributed by atoms with Crippen LogP contribution < -0.4 is 4.74 Å². The number of aryl methyl sites for hydroxylation is 1. The van der Waals surface area contributed by atoms with Crippen LogP contribution >= 0.6 is 0 Å². The van der Waals surface area contributed by atoms with Gasteiger partial charge in [-0.3, -0.25) is 4.55 Å². The Hall–Kier alpha value is -1.07. The summed E-state index contributed by atoms with van der Waals surface area (Å²) in [6.07, 6.45) is 6.35. The fourth-order valence-electron chi connectivity index (χ4n) is 2.46. The highest BCUT2D eigenvalue weighted by Crippen LogP contribution is 2.28. The van der Waals surface area contributed by atoms with E-state index in [1.807, 2.05) is 6.07 Å². The van der Waals surface area contributed by atoms with E-state index in [0.717, 1.165) is 44.1 Å². The highest BCUT2D eigenvalue weighted by atomic mass is 32.2. The van der Waals surface area contributed by atoms with Crippen LogP contribution in [0.4, 0.5) is 0 Å². The standard InChI is InChI=1S/C17H28O4S/c1-4-7-10-14-11-9-13-16(15(14)12-8-5-2)21-17(6-3)22(18,19)20/h9,11,13,17H,4-8,10,12H2,1-3H3,(H,18,19,20). The van der Waals surface area contributed by atoms with Crippen molar-refractivity contribution in [1.29, 1.82) is 0 Å². The summed E-state index contributed by atoms with van der Waals surface area (Å²) in [5, 5.41) is 0. The van der Waals surface area contributed by atoms with Crippen molar-refractivity contribution in [1.82, 2.24) is 0 Å². The lowest BCUT2D eigenvalue weighted by Gasteiger charge is -2.19. The molecule has 1 rings (SSSR count). The molecule has 0 amide bonds. The SMILES string of the molecule is CCCCc1cccc(OC(CC)S(=O)(=O)O)c1CCCC. The van der Waals surface area contributed by atoms with Gasteiger partial charge in [0.1, 0.15) is 5.75 Å². The second kappa shape index (κ2) is 9.16. The van der Waals surface area contributed by atoms with Crippen LogP contribution in [0.3, 0.4) is 0 Å². The minimum absolute atomic E-state index is 0.214. The molecule has 1 aromatic rings. The van der Waals surface area contributed by atoms with Gasteiger partial charge in [-0.05, 0) is 49.3 Å². The molecular weight excluding hydrogens is 300 g/mol. The smallest absolute Gasteiger partial charge is 0.303 e. The number of benzene rings is 1. The Bertz CT molecular complexity index is 552. The maximum absolute atomic E-state index is 11.4. The lowest BCUT2D eigenvalue weighted by atomic mass is 9.97. The lowest BCUT2D eigenvalue weighted by molar-refractivity contribution is 0.250. The predicted octanol–water partition coefficient (Wildman–Crippen LogP) is 4.37. The summed E-state index contributed by atoms with van der Waals surface area (Å²) in [7, 11) is -4.20. The number of ether oxygens (including phenoxy) is 1. The molecule has 1 N–H and O–H groups in total. The van der Waals surface area contributed by atoms with E-state index in [1.54, 1.807) is 13.0 Å². The largest absolute Gasteiger partial charge is 0.472 e. The quantitative estimate of drug-likeness (QED) is 0.648. The molecule has 0 aliphatic carbocycles. The highest BCUT2D eigenvalue weighted by Gasteiger charge is 2.24. The second-order valence-corrected chi connectivity index (χ2v) is 7.13. The Morgan fingerprint density at radius 3 is 2.27 bits per heavy atom. The third kappa shape index (κ3) is 5.61.